The highest BCUT2D eigenvalue weighted by Gasteiger charge is 2.33. The van der Waals surface area contributed by atoms with Gasteiger partial charge in [0.15, 0.2) is 5.69 Å². The van der Waals surface area contributed by atoms with Crippen LogP contribution in [0.1, 0.15) is 11.3 Å². The van der Waals surface area contributed by atoms with E-state index >= 15 is 0 Å². The molecular formula is C18H8ClF3N4S. The normalized spacial score (nSPS) is 11.7. The maximum absolute atomic E-state index is 13.3. The molecule has 0 aliphatic rings. The summed E-state index contributed by atoms with van der Waals surface area (Å²) >= 11 is 7.24. The molecule has 1 N–H and O–H groups in total. The van der Waals surface area contributed by atoms with Gasteiger partial charge >= 0.3 is 6.18 Å². The molecule has 4 rings (SSSR count). The molecule has 2 aromatic carbocycles. The molecule has 0 radical (unpaired) electrons. The molecule has 9 heteroatoms. The molecule has 0 spiro atoms. The van der Waals surface area contributed by atoms with Gasteiger partial charge in [0.1, 0.15) is 11.8 Å². The van der Waals surface area contributed by atoms with Crippen molar-refractivity contribution < 1.29 is 13.2 Å². The van der Waals surface area contributed by atoms with Crippen LogP contribution < -0.4 is 0 Å². The molecule has 0 saturated carbocycles. The summed E-state index contributed by atoms with van der Waals surface area (Å²) in [5.41, 5.74) is 1.04. The highest BCUT2D eigenvalue weighted by Crippen LogP contribution is 2.42. The minimum absolute atomic E-state index is 0.167. The predicted octanol–water partition coefficient (Wildman–Crippen LogP) is 5.90. The summed E-state index contributed by atoms with van der Waals surface area (Å²) in [7, 11) is 0. The molecular weight excluding hydrogens is 397 g/mol. The quantitative estimate of drug-likeness (QED) is 0.452. The maximum atomic E-state index is 13.3. The van der Waals surface area contributed by atoms with Crippen LogP contribution >= 0.6 is 22.9 Å². The minimum atomic E-state index is -4.43. The molecule has 2 aromatic heterocycles. The van der Waals surface area contributed by atoms with E-state index in [-0.39, 0.29) is 10.4 Å². The van der Waals surface area contributed by atoms with Crippen LogP contribution in [0.2, 0.25) is 5.02 Å². The third-order valence-electron chi connectivity index (χ3n) is 3.97. The van der Waals surface area contributed by atoms with Crippen LogP contribution in [-0.4, -0.2) is 15.4 Å². The summed E-state index contributed by atoms with van der Waals surface area (Å²) < 4.78 is 40.0. The van der Waals surface area contributed by atoms with E-state index in [2.05, 4.69) is 15.4 Å². The van der Waals surface area contributed by atoms with Gasteiger partial charge in [-0.15, -0.1) is 16.4 Å². The number of hydrogen-bond acceptors (Lipinski definition) is 4. The van der Waals surface area contributed by atoms with Crippen LogP contribution in [0.5, 0.6) is 0 Å². The van der Waals surface area contributed by atoms with E-state index in [1.807, 2.05) is 6.07 Å². The van der Waals surface area contributed by atoms with Gasteiger partial charge in [0, 0.05) is 20.2 Å². The Bertz CT molecular complexity index is 1200. The number of benzene rings is 2. The van der Waals surface area contributed by atoms with E-state index in [1.54, 1.807) is 30.3 Å². The first-order valence-electron chi connectivity index (χ1n) is 7.59. The molecule has 0 unspecified atom stereocenters. The smallest absolute Gasteiger partial charge is 0.247 e. The Kier molecular flexibility index (Phi) is 4.13. The minimum Gasteiger partial charge on any atom is -0.247 e. The summed E-state index contributed by atoms with van der Waals surface area (Å²) in [4.78, 5) is 0.632. The van der Waals surface area contributed by atoms with E-state index < -0.39 is 11.7 Å². The van der Waals surface area contributed by atoms with Gasteiger partial charge in [0.2, 0.25) is 0 Å². The Morgan fingerprint density at radius 1 is 1.11 bits per heavy atom. The van der Waals surface area contributed by atoms with Crippen molar-refractivity contribution in [3.63, 3.8) is 0 Å². The number of aromatic nitrogens is 3. The van der Waals surface area contributed by atoms with Crippen LogP contribution in [0.15, 0.2) is 42.5 Å². The number of nitriles is 1. The second-order valence-corrected chi connectivity index (χ2v) is 7.20. The van der Waals surface area contributed by atoms with Gasteiger partial charge in [-0.25, -0.2) is 5.10 Å². The highest BCUT2D eigenvalue weighted by molar-refractivity contribution is 7.22. The Morgan fingerprint density at radius 2 is 1.89 bits per heavy atom. The number of H-pyrrole nitrogens is 1. The molecule has 27 heavy (non-hydrogen) atoms. The second kappa shape index (κ2) is 6.37. The Morgan fingerprint density at radius 3 is 2.63 bits per heavy atom. The number of fused-ring (bicyclic) bond motifs is 1. The number of nitrogens with zero attached hydrogens (tertiary/aromatic N) is 3. The van der Waals surface area contributed by atoms with Gasteiger partial charge in [-0.05, 0) is 41.3 Å². The average molecular weight is 405 g/mol. The zero-order valence-electron chi connectivity index (χ0n) is 13.3. The summed E-state index contributed by atoms with van der Waals surface area (Å²) in [6.45, 7) is 0. The van der Waals surface area contributed by atoms with E-state index in [4.69, 9.17) is 16.9 Å². The van der Waals surface area contributed by atoms with Gasteiger partial charge in [0.25, 0.3) is 0 Å². The first-order chi connectivity index (χ1) is 12.9. The molecule has 0 bridgehead atoms. The van der Waals surface area contributed by atoms with E-state index in [0.717, 1.165) is 17.4 Å². The summed E-state index contributed by atoms with van der Waals surface area (Å²) in [5.74, 6) is 0. The van der Waals surface area contributed by atoms with E-state index in [1.165, 1.54) is 6.07 Å². The molecule has 0 amide bonds. The lowest BCUT2D eigenvalue weighted by Gasteiger charge is -2.06. The number of aromatic amines is 1. The van der Waals surface area contributed by atoms with Crippen LogP contribution in [0.3, 0.4) is 0 Å². The first kappa shape index (κ1) is 17.5. The van der Waals surface area contributed by atoms with Crippen LogP contribution in [0, 0.1) is 11.3 Å². The molecule has 0 aliphatic heterocycles. The topological polar surface area (TPSA) is 65.4 Å². The third-order valence-corrected chi connectivity index (χ3v) is 5.42. The Labute approximate surface area is 159 Å². The average Bonchev–Trinajstić information content (AvgIpc) is 3.26. The van der Waals surface area contributed by atoms with E-state index in [0.29, 0.717) is 32.1 Å². The van der Waals surface area contributed by atoms with Crippen LogP contribution in [0.25, 0.3) is 31.8 Å². The lowest BCUT2D eigenvalue weighted by atomic mass is 10.1. The van der Waals surface area contributed by atoms with Crippen molar-refractivity contribution in [3.8, 4) is 27.8 Å². The fraction of sp³-hybridized carbons (Fsp3) is 0.0556. The number of nitrogens with one attached hydrogen (secondary N) is 1. The molecule has 0 atom stereocenters. The van der Waals surface area contributed by atoms with Crippen molar-refractivity contribution >= 4 is 33.0 Å². The molecule has 134 valence electrons. The van der Waals surface area contributed by atoms with Gasteiger partial charge < -0.3 is 0 Å². The third kappa shape index (κ3) is 3.16. The van der Waals surface area contributed by atoms with Gasteiger partial charge in [-0.2, -0.15) is 18.4 Å². The lowest BCUT2D eigenvalue weighted by molar-refractivity contribution is -0.136. The fourth-order valence-corrected chi connectivity index (χ4v) is 4.22. The van der Waals surface area contributed by atoms with Crippen molar-refractivity contribution in [3.05, 3.63) is 58.7 Å². The summed E-state index contributed by atoms with van der Waals surface area (Å²) in [6, 6.07) is 12.8. The van der Waals surface area contributed by atoms with Crippen molar-refractivity contribution in [1.82, 2.24) is 15.4 Å². The maximum Gasteiger partial charge on any atom is 0.417 e. The van der Waals surface area contributed by atoms with Gasteiger partial charge in [0.05, 0.1) is 5.56 Å². The number of rotatable bonds is 2. The largest absolute Gasteiger partial charge is 0.417 e. The molecule has 4 aromatic rings. The SMILES string of the molecule is N#Cc1[nH]nnc1-c1cc(Cl)cc(-c2cc3cccc(C(F)(F)F)c3s2)c1. The summed E-state index contributed by atoms with van der Waals surface area (Å²) in [5, 5.41) is 20.0. The second-order valence-electron chi connectivity index (χ2n) is 5.71. The zero-order chi connectivity index (χ0) is 19.2. The number of alkyl halides is 3. The highest BCUT2D eigenvalue weighted by atomic mass is 35.5. The molecule has 0 saturated heterocycles. The molecule has 0 fully saturated rings. The number of thiophene rings is 1. The number of hydrogen-bond donors (Lipinski definition) is 1. The Balaban J connectivity index is 1.89. The van der Waals surface area contributed by atoms with Gasteiger partial charge in [-0.3, -0.25) is 0 Å². The number of halogens is 4. The van der Waals surface area contributed by atoms with Crippen molar-refractivity contribution in [1.29, 1.82) is 5.26 Å². The lowest BCUT2D eigenvalue weighted by Crippen LogP contribution is -2.04. The fourth-order valence-electron chi connectivity index (χ4n) is 2.81. The molecule has 0 aliphatic carbocycles. The Hall–Kier alpha value is -2.89. The zero-order valence-corrected chi connectivity index (χ0v) is 14.9. The van der Waals surface area contributed by atoms with Crippen molar-refractivity contribution in [2.24, 2.45) is 0 Å². The van der Waals surface area contributed by atoms with Crippen molar-refractivity contribution in [2.75, 3.05) is 0 Å². The van der Waals surface area contributed by atoms with E-state index in [9.17, 15) is 13.2 Å². The monoisotopic (exact) mass is 404 g/mol. The molecule has 4 nitrogen and oxygen atoms in total. The first-order valence-corrected chi connectivity index (χ1v) is 8.78. The molecule has 2 heterocycles. The van der Waals surface area contributed by atoms with Crippen LogP contribution in [0.4, 0.5) is 13.2 Å². The summed E-state index contributed by atoms with van der Waals surface area (Å²) in [6.07, 6.45) is -4.43. The van der Waals surface area contributed by atoms with Crippen molar-refractivity contribution in [2.45, 2.75) is 6.18 Å². The predicted molar refractivity (Wildman–Crippen MR) is 97.4 cm³/mol. The van der Waals surface area contributed by atoms with Crippen LogP contribution in [-0.2, 0) is 6.18 Å². The van der Waals surface area contributed by atoms with Gasteiger partial charge in [-0.1, -0.05) is 28.9 Å². The standard InChI is InChI=1S/C18H8ClF3N4S/c19-12-5-10(4-11(6-12)16-14(8-23)24-26-25-16)15-7-9-2-1-3-13(17(9)27-15)18(20,21)22/h1-7H,(H,24,25,26).